The highest BCUT2D eigenvalue weighted by Crippen LogP contribution is 2.29. The minimum Gasteiger partial charge on any atom is -0.384 e. The number of ether oxygens (including phenoxy) is 1. The van der Waals surface area contributed by atoms with Crippen LogP contribution in [-0.4, -0.2) is 13.7 Å². The van der Waals surface area contributed by atoms with E-state index in [0.29, 0.717) is 0 Å². The Morgan fingerprint density at radius 3 is 2.47 bits per heavy atom. The first-order valence-corrected chi connectivity index (χ1v) is 7.69. The monoisotopic (exact) mass is 386 g/mol. The maximum Gasteiger partial charge on any atom is 0.0835 e. The largest absolute Gasteiger partial charge is 0.384 e. The third-order valence-corrected chi connectivity index (χ3v) is 4.18. The summed E-state index contributed by atoms with van der Waals surface area (Å²) in [6.07, 6.45) is 0.937. The molecule has 0 aliphatic heterocycles. The molecule has 0 saturated heterocycles. The first-order chi connectivity index (χ1) is 9.20. The quantitative estimate of drug-likeness (QED) is 0.529. The Kier molecular flexibility index (Phi) is 5.67. The predicted molar refractivity (Wildman–Crippen MR) is 88.9 cm³/mol. The number of methoxy groups -OCH3 is 1. The second-order valence-corrected chi connectivity index (χ2v) is 6.08. The molecule has 0 heterocycles. The third kappa shape index (κ3) is 4.20. The van der Waals surface area contributed by atoms with Crippen LogP contribution in [0.4, 0.5) is 0 Å². The van der Waals surface area contributed by atoms with E-state index in [9.17, 15) is 0 Å². The topological polar surface area (TPSA) is 9.23 Å². The zero-order chi connectivity index (χ0) is 13.7. The summed E-state index contributed by atoms with van der Waals surface area (Å²) in [7, 11) is 1.72. The lowest BCUT2D eigenvalue weighted by molar-refractivity contribution is 0.202. The van der Waals surface area contributed by atoms with Gasteiger partial charge in [0.05, 0.1) is 12.0 Å². The van der Waals surface area contributed by atoms with Gasteiger partial charge in [-0.2, -0.15) is 0 Å². The molecule has 0 saturated carbocycles. The summed E-state index contributed by atoms with van der Waals surface area (Å²) in [5, 5.41) is -0.0915. The van der Waals surface area contributed by atoms with E-state index in [1.54, 1.807) is 7.11 Å². The van der Waals surface area contributed by atoms with Crippen molar-refractivity contribution < 1.29 is 4.74 Å². The Hall–Kier alpha value is -0.580. The summed E-state index contributed by atoms with van der Waals surface area (Å²) in [5.41, 5.74) is 3.54. The van der Waals surface area contributed by atoms with Crippen LogP contribution in [0.2, 0.25) is 0 Å². The SMILES string of the molecule is COCCc1ccc(C(Cl)c2cccc(I)c2)cc1. The highest BCUT2D eigenvalue weighted by molar-refractivity contribution is 14.1. The molecule has 3 heteroatoms. The molecule has 0 fully saturated rings. The van der Waals surface area contributed by atoms with Gasteiger partial charge in [0.25, 0.3) is 0 Å². The van der Waals surface area contributed by atoms with Gasteiger partial charge in [0.1, 0.15) is 0 Å². The number of hydrogen-bond donors (Lipinski definition) is 0. The van der Waals surface area contributed by atoms with Crippen molar-refractivity contribution in [3.63, 3.8) is 0 Å². The zero-order valence-electron chi connectivity index (χ0n) is 10.8. The minimum atomic E-state index is -0.0915. The molecule has 19 heavy (non-hydrogen) atoms. The highest BCUT2D eigenvalue weighted by atomic mass is 127. The first kappa shape index (κ1) is 14.8. The van der Waals surface area contributed by atoms with E-state index in [2.05, 4.69) is 65.1 Å². The molecule has 0 aliphatic rings. The summed E-state index contributed by atoms with van der Waals surface area (Å²) >= 11 is 8.84. The Labute approximate surface area is 133 Å². The van der Waals surface area contributed by atoms with Crippen LogP contribution in [0.15, 0.2) is 48.5 Å². The van der Waals surface area contributed by atoms with E-state index in [1.165, 1.54) is 9.13 Å². The number of benzene rings is 2. The summed E-state index contributed by atoms with van der Waals surface area (Å²) < 4.78 is 6.29. The number of alkyl halides is 1. The van der Waals surface area contributed by atoms with Crippen LogP contribution in [0.1, 0.15) is 22.1 Å². The fraction of sp³-hybridized carbons (Fsp3) is 0.250. The number of halogens is 2. The van der Waals surface area contributed by atoms with Gasteiger partial charge in [-0.1, -0.05) is 36.4 Å². The maximum absolute atomic E-state index is 6.53. The Morgan fingerprint density at radius 2 is 1.84 bits per heavy atom. The number of rotatable bonds is 5. The predicted octanol–water partition coefficient (Wildman–Crippen LogP) is 4.81. The maximum atomic E-state index is 6.53. The van der Waals surface area contributed by atoms with Crippen molar-refractivity contribution in [1.29, 1.82) is 0 Å². The first-order valence-electron chi connectivity index (χ1n) is 6.18. The molecule has 0 bridgehead atoms. The van der Waals surface area contributed by atoms with Crippen molar-refractivity contribution in [1.82, 2.24) is 0 Å². The molecule has 0 radical (unpaired) electrons. The Bertz CT molecular complexity index is 525. The minimum absolute atomic E-state index is 0.0915. The molecule has 1 nitrogen and oxygen atoms in total. The van der Waals surface area contributed by atoms with Gasteiger partial charge in [-0.15, -0.1) is 11.6 Å². The lowest BCUT2D eigenvalue weighted by Crippen LogP contribution is -1.97. The molecule has 2 rings (SSSR count). The molecular weight excluding hydrogens is 371 g/mol. The van der Waals surface area contributed by atoms with Crippen molar-refractivity contribution in [2.75, 3.05) is 13.7 Å². The van der Waals surface area contributed by atoms with E-state index in [-0.39, 0.29) is 5.38 Å². The molecule has 0 aliphatic carbocycles. The van der Waals surface area contributed by atoms with E-state index in [4.69, 9.17) is 16.3 Å². The van der Waals surface area contributed by atoms with E-state index < -0.39 is 0 Å². The second kappa shape index (κ2) is 7.27. The van der Waals surface area contributed by atoms with Gasteiger partial charge >= 0.3 is 0 Å². The Balaban J connectivity index is 2.13. The molecule has 0 amide bonds. The van der Waals surface area contributed by atoms with Crippen molar-refractivity contribution in [2.24, 2.45) is 0 Å². The van der Waals surface area contributed by atoms with Crippen LogP contribution >= 0.6 is 34.2 Å². The van der Waals surface area contributed by atoms with Gasteiger partial charge in [-0.25, -0.2) is 0 Å². The fourth-order valence-electron chi connectivity index (χ4n) is 1.93. The van der Waals surface area contributed by atoms with Crippen molar-refractivity contribution in [2.45, 2.75) is 11.8 Å². The van der Waals surface area contributed by atoms with Crippen molar-refractivity contribution >= 4 is 34.2 Å². The highest BCUT2D eigenvalue weighted by Gasteiger charge is 2.10. The van der Waals surface area contributed by atoms with E-state index >= 15 is 0 Å². The molecule has 0 aromatic heterocycles. The standard InChI is InChI=1S/C16H16ClIO/c1-19-10-9-12-5-7-13(8-6-12)16(17)14-3-2-4-15(18)11-14/h2-8,11,16H,9-10H2,1H3. The normalized spacial score (nSPS) is 12.4. The molecule has 0 N–H and O–H groups in total. The lowest BCUT2D eigenvalue weighted by Gasteiger charge is -2.11. The molecule has 1 unspecified atom stereocenters. The third-order valence-electron chi connectivity index (χ3n) is 3.01. The zero-order valence-corrected chi connectivity index (χ0v) is 13.7. The average Bonchev–Trinajstić information content (AvgIpc) is 2.45. The van der Waals surface area contributed by atoms with Gasteiger partial charge in [0.2, 0.25) is 0 Å². The van der Waals surface area contributed by atoms with Crippen LogP contribution in [0, 0.1) is 3.57 Å². The fourth-order valence-corrected chi connectivity index (χ4v) is 2.78. The molecule has 0 spiro atoms. The molecule has 100 valence electrons. The van der Waals surface area contributed by atoms with Crippen LogP contribution < -0.4 is 0 Å². The molecule has 2 aromatic carbocycles. The summed E-state index contributed by atoms with van der Waals surface area (Å²) in [6.45, 7) is 0.751. The summed E-state index contributed by atoms with van der Waals surface area (Å²) in [5.74, 6) is 0. The summed E-state index contributed by atoms with van der Waals surface area (Å²) in [6, 6.07) is 16.7. The second-order valence-electron chi connectivity index (χ2n) is 4.40. The van der Waals surface area contributed by atoms with Gasteiger partial charge in [0.15, 0.2) is 0 Å². The average molecular weight is 387 g/mol. The van der Waals surface area contributed by atoms with E-state index in [1.807, 2.05) is 6.07 Å². The van der Waals surface area contributed by atoms with Crippen LogP contribution in [0.3, 0.4) is 0 Å². The van der Waals surface area contributed by atoms with Gasteiger partial charge < -0.3 is 4.74 Å². The van der Waals surface area contributed by atoms with Gasteiger partial charge in [0, 0.05) is 10.7 Å². The van der Waals surface area contributed by atoms with Crippen LogP contribution in [0.25, 0.3) is 0 Å². The summed E-state index contributed by atoms with van der Waals surface area (Å²) in [4.78, 5) is 0. The molecular formula is C16H16ClIO. The van der Waals surface area contributed by atoms with Gasteiger partial charge in [-0.05, 0) is 57.8 Å². The molecule has 2 aromatic rings. The van der Waals surface area contributed by atoms with Crippen molar-refractivity contribution in [3.05, 3.63) is 68.8 Å². The number of hydrogen-bond acceptors (Lipinski definition) is 1. The Morgan fingerprint density at radius 1 is 1.11 bits per heavy atom. The van der Waals surface area contributed by atoms with Crippen LogP contribution in [0.5, 0.6) is 0 Å². The van der Waals surface area contributed by atoms with Crippen LogP contribution in [-0.2, 0) is 11.2 Å². The van der Waals surface area contributed by atoms with Crippen molar-refractivity contribution in [3.8, 4) is 0 Å². The molecule has 1 atom stereocenters. The lowest BCUT2D eigenvalue weighted by atomic mass is 10.0. The van der Waals surface area contributed by atoms with E-state index in [0.717, 1.165) is 24.2 Å². The smallest absolute Gasteiger partial charge is 0.0835 e. The van der Waals surface area contributed by atoms with Gasteiger partial charge in [-0.3, -0.25) is 0 Å².